The number of aromatic amines is 1. The Morgan fingerprint density at radius 2 is 1.96 bits per heavy atom. The Kier molecular flexibility index (Phi) is 3.78. The number of methoxy groups -OCH3 is 1. The molecule has 0 atom stereocenters. The minimum Gasteiger partial charge on any atom is -0.497 e. The van der Waals surface area contributed by atoms with Gasteiger partial charge in [-0.15, -0.1) is 0 Å². The molecule has 2 aromatic carbocycles. The molecule has 0 saturated carbocycles. The number of hydrogen-bond acceptors (Lipinski definition) is 3. The van der Waals surface area contributed by atoms with Gasteiger partial charge in [0.15, 0.2) is 0 Å². The lowest BCUT2D eigenvalue weighted by Gasteiger charge is -2.03. The van der Waals surface area contributed by atoms with E-state index in [1.165, 1.54) is 12.1 Å². The van der Waals surface area contributed by atoms with Crippen molar-refractivity contribution in [2.24, 2.45) is 0 Å². The molecule has 25 heavy (non-hydrogen) atoms. The number of aromatic nitrogens is 4. The summed E-state index contributed by atoms with van der Waals surface area (Å²) in [5, 5.41) is 4.65. The standard InChI is InChI=1S/C19H15FN4O/c1-25-16-7-5-15(6-8-16)24-12-17(19-21-9-10-22-19)18(23-24)13-3-2-4-14(20)11-13/h2-12H,1H3,(H,21,22). The van der Waals surface area contributed by atoms with E-state index in [0.717, 1.165) is 17.0 Å². The van der Waals surface area contributed by atoms with Crippen LogP contribution in [-0.4, -0.2) is 26.9 Å². The number of rotatable bonds is 4. The van der Waals surface area contributed by atoms with E-state index >= 15 is 0 Å². The zero-order valence-corrected chi connectivity index (χ0v) is 13.5. The number of H-pyrrole nitrogens is 1. The lowest BCUT2D eigenvalue weighted by Crippen LogP contribution is -1.95. The summed E-state index contributed by atoms with van der Waals surface area (Å²) in [6.45, 7) is 0. The maximum Gasteiger partial charge on any atom is 0.141 e. The van der Waals surface area contributed by atoms with E-state index in [4.69, 9.17) is 4.74 Å². The summed E-state index contributed by atoms with van der Waals surface area (Å²) in [5.74, 6) is 1.15. The molecule has 0 amide bonds. The molecular weight excluding hydrogens is 319 g/mol. The Bertz CT molecular complexity index is 991. The quantitative estimate of drug-likeness (QED) is 0.612. The summed E-state index contributed by atoms with van der Waals surface area (Å²) in [5.41, 5.74) is 3.02. The maximum absolute atomic E-state index is 13.7. The van der Waals surface area contributed by atoms with Gasteiger partial charge in [-0.1, -0.05) is 12.1 Å². The largest absolute Gasteiger partial charge is 0.497 e. The smallest absolute Gasteiger partial charge is 0.141 e. The molecule has 0 saturated heterocycles. The third-order valence-corrected chi connectivity index (χ3v) is 3.90. The van der Waals surface area contributed by atoms with Gasteiger partial charge in [0.25, 0.3) is 0 Å². The summed E-state index contributed by atoms with van der Waals surface area (Å²) >= 11 is 0. The van der Waals surface area contributed by atoms with E-state index < -0.39 is 0 Å². The van der Waals surface area contributed by atoms with E-state index in [0.29, 0.717) is 17.1 Å². The zero-order valence-electron chi connectivity index (χ0n) is 13.5. The zero-order chi connectivity index (χ0) is 17.2. The minimum absolute atomic E-state index is 0.304. The lowest BCUT2D eigenvalue weighted by molar-refractivity contribution is 0.414. The molecule has 0 aliphatic heterocycles. The molecule has 2 aromatic heterocycles. The molecule has 4 aromatic rings. The average Bonchev–Trinajstić information content (AvgIpc) is 3.31. The predicted octanol–water partition coefficient (Wildman–Crippen LogP) is 4.08. The lowest BCUT2D eigenvalue weighted by atomic mass is 10.1. The third-order valence-electron chi connectivity index (χ3n) is 3.90. The van der Waals surface area contributed by atoms with E-state index in [9.17, 15) is 4.39 Å². The predicted molar refractivity (Wildman–Crippen MR) is 93.1 cm³/mol. The minimum atomic E-state index is -0.304. The van der Waals surface area contributed by atoms with Crippen LogP contribution in [0.1, 0.15) is 0 Å². The Morgan fingerprint density at radius 1 is 1.12 bits per heavy atom. The van der Waals surface area contributed by atoms with Crippen molar-refractivity contribution in [2.45, 2.75) is 0 Å². The van der Waals surface area contributed by atoms with Crippen LogP contribution in [0.4, 0.5) is 4.39 Å². The van der Waals surface area contributed by atoms with Crippen LogP contribution in [-0.2, 0) is 0 Å². The average molecular weight is 334 g/mol. The fourth-order valence-electron chi connectivity index (χ4n) is 2.68. The molecule has 4 rings (SSSR count). The van der Waals surface area contributed by atoms with Crippen molar-refractivity contribution in [1.29, 1.82) is 0 Å². The highest BCUT2D eigenvalue weighted by Crippen LogP contribution is 2.30. The molecule has 0 aliphatic carbocycles. The molecule has 124 valence electrons. The van der Waals surface area contributed by atoms with Gasteiger partial charge in [-0.25, -0.2) is 14.1 Å². The normalized spacial score (nSPS) is 10.8. The Hall–Kier alpha value is -3.41. The van der Waals surface area contributed by atoms with Gasteiger partial charge in [-0.3, -0.25) is 0 Å². The first-order chi connectivity index (χ1) is 12.2. The Labute approximate surface area is 143 Å². The van der Waals surface area contributed by atoms with Gasteiger partial charge in [0.05, 0.1) is 18.4 Å². The van der Waals surface area contributed by atoms with Crippen LogP contribution in [0.3, 0.4) is 0 Å². The van der Waals surface area contributed by atoms with Crippen LogP contribution in [0.2, 0.25) is 0 Å². The number of imidazole rings is 1. The van der Waals surface area contributed by atoms with Gasteiger partial charge in [-0.05, 0) is 36.4 Å². The van der Waals surface area contributed by atoms with Crippen molar-refractivity contribution in [3.05, 3.63) is 72.9 Å². The van der Waals surface area contributed by atoms with Gasteiger partial charge in [0.1, 0.15) is 23.1 Å². The SMILES string of the molecule is COc1ccc(-n2cc(-c3ncc[nH]3)c(-c3cccc(F)c3)n2)cc1. The topological polar surface area (TPSA) is 55.7 Å². The fraction of sp³-hybridized carbons (Fsp3) is 0.0526. The molecule has 0 unspecified atom stereocenters. The van der Waals surface area contributed by atoms with Crippen molar-refractivity contribution in [2.75, 3.05) is 7.11 Å². The molecule has 0 fully saturated rings. The van der Waals surface area contributed by atoms with Crippen LogP contribution in [0.15, 0.2) is 67.1 Å². The van der Waals surface area contributed by atoms with Gasteiger partial charge < -0.3 is 9.72 Å². The van der Waals surface area contributed by atoms with Crippen LogP contribution >= 0.6 is 0 Å². The first-order valence-corrected chi connectivity index (χ1v) is 7.74. The van der Waals surface area contributed by atoms with Crippen LogP contribution in [0.5, 0.6) is 5.75 Å². The maximum atomic E-state index is 13.7. The number of nitrogens with one attached hydrogen (secondary N) is 1. The summed E-state index contributed by atoms with van der Waals surface area (Å²) < 4.78 is 20.6. The molecule has 6 heteroatoms. The van der Waals surface area contributed by atoms with E-state index in [1.54, 1.807) is 30.3 Å². The molecule has 0 spiro atoms. The molecule has 5 nitrogen and oxygen atoms in total. The second kappa shape index (κ2) is 6.24. The number of hydrogen-bond donors (Lipinski definition) is 1. The third kappa shape index (κ3) is 2.89. The second-order valence-electron chi connectivity index (χ2n) is 5.48. The molecular formula is C19H15FN4O. The van der Waals surface area contributed by atoms with Crippen LogP contribution in [0, 0.1) is 5.82 Å². The molecule has 0 bridgehead atoms. The number of nitrogens with zero attached hydrogens (tertiary/aromatic N) is 3. The summed E-state index contributed by atoms with van der Waals surface area (Å²) in [6, 6.07) is 13.9. The van der Waals surface area contributed by atoms with Crippen LogP contribution < -0.4 is 4.74 Å². The monoisotopic (exact) mass is 334 g/mol. The first kappa shape index (κ1) is 15.1. The molecule has 0 aliphatic rings. The van der Waals surface area contributed by atoms with Gasteiger partial charge in [-0.2, -0.15) is 5.10 Å². The van der Waals surface area contributed by atoms with E-state index in [-0.39, 0.29) is 5.82 Å². The van der Waals surface area contributed by atoms with Crippen molar-refractivity contribution in [3.63, 3.8) is 0 Å². The first-order valence-electron chi connectivity index (χ1n) is 7.74. The molecule has 0 radical (unpaired) electrons. The van der Waals surface area contributed by atoms with Gasteiger partial charge in [0.2, 0.25) is 0 Å². The Morgan fingerprint density at radius 3 is 2.64 bits per heavy atom. The second-order valence-corrected chi connectivity index (χ2v) is 5.48. The fourth-order valence-corrected chi connectivity index (χ4v) is 2.68. The molecule has 2 heterocycles. The highest BCUT2D eigenvalue weighted by molar-refractivity contribution is 5.77. The Balaban J connectivity index is 1.86. The number of halogens is 1. The summed E-state index contributed by atoms with van der Waals surface area (Å²) in [4.78, 5) is 7.39. The summed E-state index contributed by atoms with van der Waals surface area (Å²) in [6.07, 6.45) is 5.30. The highest BCUT2D eigenvalue weighted by atomic mass is 19.1. The van der Waals surface area contributed by atoms with Gasteiger partial charge in [0, 0.05) is 24.2 Å². The van der Waals surface area contributed by atoms with Crippen molar-refractivity contribution >= 4 is 0 Å². The van der Waals surface area contributed by atoms with E-state index in [1.807, 2.05) is 36.5 Å². The van der Waals surface area contributed by atoms with Crippen molar-refractivity contribution < 1.29 is 9.13 Å². The van der Waals surface area contributed by atoms with Crippen molar-refractivity contribution in [3.8, 4) is 34.1 Å². The molecule has 1 N–H and O–H groups in total. The number of benzene rings is 2. The number of ether oxygens (including phenoxy) is 1. The summed E-state index contributed by atoms with van der Waals surface area (Å²) in [7, 11) is 1.62. The van der Waals surface area contributed by atoms with Crippen molar-refractivity contribution in [1.82, 2.24) is 19.7 Å². The van der Waals surface area contributed by atoms with Gasteiger partial charge >= 0.3 is 0 Å². The van der Waals surface area contributed by atoms with Crippen LogP contribution in [0.25, 0.3) is 28.3 Å². The highest BCUT2D eigenvalue weighted by Gasteiger charge is 2.16. The van der Waals surface area contributed by atoms with E-state index in [2.05, 4.69) is 15.1 Å².